The lowest BCUT2D eigenvalue weighted by Crippen LogP contribution is -2.56. The van der Waals surface area contributed by atoms with Crippen LogP contribution in [0.15, 0.2) is 0 Å². The Bertz CT molecular complexity index is 187. The molecule has 1 fully saturated rings. The van der Waals surface area contributed by atoms with Crippen molar-refractivity contribution >= 4 is 0 Å². The largest absolute Gasteiger partial charge is 0.378 e. The summed E-state index contributed by atoms with van der Waals surface area (Å²) < 4.78 is 11.2. The van der Waals surface area contributed by atoms with E-state index in [0.717, 1.165) is 26.4 Å². The predicted octanol–water partition coefficient (Wildman–Crippen LogP) is 1.91. The highest BCUT2D eigenvalue weighted by Gasteiger charge is 2.31. The van der Waals surface area contributed by atoms with Crippen molar-refractivity contribution in [3.05, 3.63) is 0 Å². The first kappa shape index (κ1) is 12.9. The molecule has 0 aromatic carbocycles. The smallest absolute Gasteiger partial charge is 0.0648 e. The maximum atomic E-state index is 5.69. The molecule has 3 nitrogen and oxygen atoms in total. The van der Waals surface area contributed by atoms with E-state index in [4.69, 9.17) is 9.47 Å². The fraction of sp³-hybridized carbons (Fsp3) is 1.00. The van der Waals surface area contributed by atoms with Crippen molar-refractivity contribution < 1.29 is 9.47 Å². The van der Waals surface area contributed by atoms with Crippen molar-refractivity contribution in [3.8, 4) is 0 Å². The van der Waals surface area contributed by atoms with E-state index in [1.54, 1.807) is 0 Å². The SMILES string of the molecule is CC(C)OC[C@H]1COCCN1C(C)(C)C. The summed E-state index contributed by atoms with van der Waals surface area (Å²) in [4.78, 5) is 2.48. The van der Waals surface area contributed by atoms with Gasteiger partial charge in [0.1, 0.15) is 0 Å². The summed E-state index contributed by atoms with van der Waals surface area (Å²) in [5, 5.41) is 0. The van der Waals surface area contributed by atoms with Gasteiger partial charge >= 0.3 is 0 Å². The van der Waals surface area contributed by atoms with Crippen LogP contribution in [0.2, 0.25) is 0 Å². The van der Waals surface area contributed by atoms with Crippen molar-refractivity contribution in [3.63, 3.8) is 0 Å². The molecule has 0 aromatic heterocycles. The van der Waals surface area contributed by atoms with Gasteiger partial charge in [0, 0.05) is 12.1 Å². The van der Waals surface area contributed by atoms with Gasteiger partial charge in [0.2, 0.25) is 0 Å². The Balaban J connectivity index is 2.50. The van der Waals surface area contributed by atoms with Crippen molar-refractivity contribution in [1.29, 1.82) is 0 Å². The molecule has 15 heavy (non-hydrogen) atoms. The summed E-state index contributed by atoms with van der Waals surface area (Å²) >= 11 is 0. The molecule has 0 unspecified atom stereocenters. The fourth-order valence-corrected chi connectivity index (χ4v) is 1.98. The monoisotopic (exact) mass is 215 g/mol. The first-order valence-electron chi connectivity index (χ1n) is 5.87. The van der Waals surface area contributed by atoms with Crippen LogP contribution >= 0.6 is 0 Å². The quantitative estimate of drug-likeness (QED) is 0.718. The topological polar surface area (TPSA) is 21.7 Å². The highest BCUT2D eigenvalue weighted by Crippen LogP contribution is 2.20. The van der Waals surface area contributed by atoms with Crippen molar-refractivity contribution in [2.45, 2.75) is 52.3 Å². The van der Waals surface area contributed by atoms with E-state index in [9.17, 15) is 0 Å². The van der Waals surface area contributed by atoms with E-state index >= 15 is 0 Å². The minimum Gasteiger partial charge on any atom is -0.378 e. The average molecular weight is 215 g/mol. The number of morpholine rings is 1. The third-order valence-electron chi connectivity index (χ3n) is 2.71. The van der Waals surface area contributed by atoms with E-state index < -0.39 is 0 Å². The molecule has 90 valence electrons. The summed E-state index contributed by atoms with van der Waals surface area (Å²) in [7, 11) is 0. The maximum absolute atomic E-state index is 5.69. The first-order valence-corrected chi connectivity index (χ1v) is 5.87. The van der Waals surface area contributed by atoms with Crippen LogP contribution in [0.4, 0.5) is 0 Å². The highest BCUT2D eigenvalue weighted by molar-refractivity contribution is 4.85. The van der Waals surface area contributed by atoms with Gasteiger partial charge in [0.15, 0.2) is 0 Å². The number of hydrogen-bond acceptors (Lipinski definition) is 3. The van der Waals surface area contributed by atoms with Crippen molar-refractivity contribution in [2.24, 2.45) is 0 Å². The molecule has 1 aliphatic rings. The Kier molecular flexibility index (Phi) is 4.56. The molecule has 0 aromatic rings. The molecule has 0 aliphatic carbocycles. The fourth-order valence-electron chi connectivity index (χ4n) is 1.98. The zero-order valence-corrected chi connectivity index (χ0v) is 10.7. The molecule has 0 saturated carbocycles. The van der Waals surface area contributed by atoms with Gasteiger partial charge in [-0.05, 0) is 34.6 Å². The van der Waals surface area contributed by atoms with Crippen LogP contribution in [-0.2, 0) is 9.47 Å². The Labute approximate surface area is 93.7 Å². The third-order valence-corrected chi connectivity index (χ3v) is 2.71. The molecule has 1 saturated heterocycles. The van der Waals surface area contributed by atoms with Gasteiger partial charge in [-0.25, -0.2) is 0 Å². The molecule has 1 rings (SSSR count). The van der Waals surface area contributed by atoms with E-state index in [1.807, 2.05) is 0 Å². The molecule has 1 heterocycles. The minimum absolute atomic E-state index is 0.203. The number of rotatable bonds is 3. The molecular weight excluding hydrogens is 190 g/mol. The van der Waals surface area contributed by atoms with E-state index in [0.29, 0.717) is 12.1 Å². The van der Waals surface area contributed by atoms with Crippen molar-refractivity contribution in [2.75, 3.05) is 26.4 Å². The van der Waals surface area contributed by atoms with E-state index in [-0.39, 0.29) is 5.54 Å². The summed E-state index contributed by atoms with van der Waals surface area (Å²) in [6.07, 6.45) is 0.300. The first-order chi connectivity index (χ1) is 6.91. The van der Waals surface area contributed by atoms with Gasteiger partial charge in [-0.2, -0.15) is 0 Å². The maximum Gasteiger partial charge on any atom is 0.0648 e. The molecule has 3 heteroatoms. The van der Waals surface area contributed by atoms with Crippen LogP contribution < -0.4 is 0 Å². The van der Waals surface area contributed by atoms with Gasteiger partial charge in [-0.15, -0.1) is 0 Å². The highest BCUT2D eigenvalue weighted by atomic mass is 16.5. The second kappa shape index (κ2) is 5.28. The van der Waals surface area contributed by atoms with E-state index in [1.165, 1.54) is 0 Å². The molecule has 1 aliphatic heterocycles. The Hall–Kier alpha value is -0.120. The van der Waals surface area contributed by atoms with E-state index in [2.05, 4.69) is 39.5 Å². The molecule has 0 amide bonds. The zero-order chi connectivity index (χ0) is 11.5. The molecule has 0 bridgehead atoms. The lowest BCUT2D eigenvalue weighted by atomic mass is 10.0. The normalized spacial score (nSPS) is 24.8. The molecular formula is C12H25NO2. The Morgan fingerprint density at radius 3 is 2.60 bits per heavy atom. The number of nitrogens with zero attached hydrogens (tertiary/aromatic N) is 1. The lowest BCUT2D eigenvalue weighted by Gasteiger charge is -2.44. The number of hydrogen-bond donors (Lipinski definition) is 0. The zero-order valence-electron chi connectivity index (χ0n) is 10.7. The molecule has 1 atom stereocenters. The van der Waals surface area contributed by atoms with Gasteiger partial charge in [-0.1, -0.05) is 0 Å². The summed E-state index contributed by atoms with van der Waals surface area (Å²) in [6, 6.07) is 0.404. The summed E-state index contributed by atoms with van der Waals surface area (Å²) in [5.74, 6) is 0. The minimum atomic E-state index is 0.203. The van der Waals surface area contributed by atoms with Gasteiger partial charge in [0.25, 0.3) is 0 Å². The van der Waals surface area contributed by atoms with Crippen LogP contribution in [0.25, 0.3) is 0 Å². The van der Waals surface area contributed by atoms with Crippen molar-refractivity contribution in [1.82, 2.24) is 4.90 Å². The van der Waals surface area contributed by atoms with Gasteiger partial charge in [0.05, 0.1) is 32.0 Å². The third kappa shape index (κ3) is 4.09. The predicted molar refractivity (Wildman–Crippen MR) is 62.2 cm³/mol. The molecule has 0 spiro atoms. The summed E-state index contributed by atoms with van der Waals surface area (Å²) in [6.45, 7) is 14.3. The number of ether oxygens (including phenoxy) is 2. The standard InChI is InChI=1S/C12H25NO2/c1-10(2)15-9-11-8-14-7-6-13(11)12(3,4)5/h10-11H,6-9H2,1-5H3/t11-/m1/s1. The van der Waals surface area contributed by atoms with Crippen LogP contribution in [0, 0.1) is 0 Å². The molecule has 0 radical (unpaired) electrons. The molecule has 0 N–H and O–H groups in total. The Morgan fingerprint density at radius 1 is 1.40 bits per heavy atom. The Morgan fingerprint density at radius 2 is 2.07 bits per heavy atom. The van der Waals surface area contributed by atoms with Crippen LogP contribution in [0.5, 0.6) is 0 Å². The van der Waals surface area contributed by atoms with Gasteiger partial charge in [-0.3, -0.25) is 4.90 Å². The van der Waals surface area contributed by atoms with Crippen LogP contribution in [0.1, 0.15) is 34.6 Å². The second-order valence-electron chi connectivity index (χ2n) is 5.48. The lowest BCUT2D eigenvalue weighted by molar-refractivity contribution is -0.0849. The average Bonchev–Trinajstić information content (AvgIpc) is 2.13. The van der Waals surface area contributed by atoms with Crippen LogP contribution in [-0.4, -0.2) is 49.0 Å². The van der Waals surface area contributed by atoms with Gasteiger partial charge < -0.3 is 9.47 Å². The van der Waals surface area contributed by atoms with Crippen LogP contribution in [0.3, 0.4) is 0 Å². The second-order valence-corrected chi connectivity index (χ2v) is 5.48. The summed E-state index contributed by atoms with van der Waals surface area (Å²) in [5.41, 5.74) is 0.203.